The fourth-order valence-corrected chi connectivity index (χ4v) is 5.14. The molecule has 1 aliphatic rings. The lowest BCUT2D eigenvalue weighted by molar-refractivity contribution is -0.146. The Balaban J connectivity index is 1.24. The second kappa shape index (κ2) is 13.1. The Kier molecular flexibility index (Phi) is 8.93. The SMILES string of the molecule is CC(OCc1ccccc1)C(NC(=O)[C@@H](Cc1cnc[nH]1)NC(=O)OCC1c2ccccc2-c2ccccc21)C(=O)O. The predicted octanol–water partition coefficient (Wildman–Crippen LogP) is 4.03. The van der Waals surface area contributed by atoms with Gasteiger partial charge in [0.25, 0.3) is 0 Å². The van der Waals surface area contributed by atoms with Crippen LogP contribution in [-0.4, -0.2) is 57.8 Å². The van der Waals surface area contributed by atoms with Crippen LogP contribution in [0.15, 0.2) is 91.4 Å². The van der Waals surface area contributed by atoms with Crippen molar-refractivity contribution in [1.29, 1.82) is 0 Å². The van der Waals surface area contributed by atoms with Crippen molar-refractivity contribution in [3.8, 4) is 11.1 Å². The monoisotopic (exact) mass is 568 g/mol. The van der Waals surface area contributed by atoms with Gasteiger partial charge in [0.05, 0.1) is 19.0 Å². The molecule has 0 saturated carbocycles. The zero-order valence-corrected chi connectivity index (χ0v) is 23.0. The van der Waals surface area contributed by atoms with Gasteiger partial charge in [0, 0.05) is 24.2 Å². The van der Waals surface area contributed by atoms with E-state index < -0.39 is 36.2 Å². The topological polar surface area (TPSA) is 143 Å². The second-order valence-electron chi connectivity index (χ2n) is 10.1. The molecule has 3 atom stereocenters. The van der Waals surface area contributed by atoms with Gasteiger partial charge in [0.15, 0.2) is 6.04 Å². The van der Waals surface area contributed by atoms with Crippen LogP contribution >= 0.6 is 0 Å². The number of hydrogen-bond donors (Lipinski definition) is 4. The van der Waals surface area contributed by atoms with E-state index in [0.717, 1.165) is 27.8 Å². The smallest absolute Gasteiger partial charge is 0.407 e. The van der Waals surface area contributed by atoms with Gasteiger partial charge in [-0.25, -0.2) is 14.6 Å². The van der Waals surface area contributed by atoms with E-state index in [-0.39, 0.29) is 25.6 Å². The molecule has 1 heterocycles. The third-order valence-electron chi connectivity index (χ3n) is 7.32. The lowest BCUT2D eigenvalue weighted by Crippen LogP contribution is -2.55. The number of nitrogens with zero attached hydrogens (tertiary/aromatic N) is 1. The van der Waals surface area contributed by atoms with Crippen LogP contribution in [-0.2, 0) is 32.1 Å². The van der Waals surface area contributed by atoms with E-state index in [9.17, 15) is 19.5 Å². The number of carboxylic acids is 1. The summed E-state index contributed by atoms with van der Waals surface area (Å²) in [5.74, 6) is -2.10. The maximum Gasteiger partial charge on any atom is 0.407 e. The first kappa shape index (κ1) is 28.6. The normalized spacial score (nSPS) is 14.2. The molecular formula is C32H32N4O6. The fourth-order valence-electron chi connectivity index (χ4n) is 5.14. The number of hydrogen-bond acceptors (Lipinski definition) is 6. The van der Waals surface area contributed by atoms with E-state index in [0.29, 0.717) is 5.69 Å². The molecule has 216 valence electrons. The molecule has 0 saturated heterocycles. The Morgan fingerprint density at radius 2 is 1.57 bits per heavy atom. The molecule has 2 unspecified atom stereocenters. The summed E-state index contributed by atoms with van der Waals surface area (Å²) >= 11 is 0. The fraction of sp³-hybridized carbons (Fsp3) is 0.250. The van der Waals surface area contributed by atoms with E-state index in [4.69, 9.17) is 9.47 Å². The molecule has 2 amide bonds. The maximum absolute atomic E-state index is 13.4. The molecule has 0 spiro atoms. The van der Waals surface area contributed by atoms with Crippen LogP contribution in [0.5, 0.6) is 0 Å². The Morgan fingerprint density at radius 1 is 0.929 bits per heavy atom. The van der Waals surface area contributed by atoms with Crippen molar-refractivity contribution in [3.63, 3.8) is 0 Å². The van der Waals surface area contributed by atoms with Gasteiger partial charge in [0.2, 0.25) is 5.91 Å². The molecule has 0 radical (unpaired) electrons. The largest absolute Gasteiger partial charge is 0.480 e. The summed E-state index contributed by atoms with van der Waals surface area (Å²) in [6.07, 6.45) is 1.38. The van der Waals surface area contributed by atoms with Gasteiger partial charge in [-0.3, -0.25) is 4.79 Å². The van der Waals surface area contributed by atoms with Gasteiger partial charge >= 0.3 is 12.1 Å². The summed E-state index contributed by atoms with van der Waals surface area (Å²) in [5.41, 5.74) is 5.77. The van der Waals surface area contributed by atoms with E-state index in [1.165, 1.54) is 12.5 Å². The van der Waals surface area contributed by atoms with Crippen LogP contribution in [0, 0.1) is 0 Å². The van der Waals surface area contributed by atoms with Crippen molar-refractivity contribution < 1.29 is 29.0 Å². The van der Waals surface area contributed by atoms with Crippen LogP contribution < -0.4 is 10.6 Å². The lowest BCUT2D eigenvalue weighted by atomic mass is 9.98. The summed E-state index contributed by atoms with van der Waals surface area (Å²) < 4.78 is 11.4. The summed E-state index contributed by atoms with van der Waals surface area (Å²) in [7, 11) is 0. The highest BCUT2D eigenvalue weighted by Gasteiger charge is 2.33. The number of carbonyl (C=O) groups is 3. The van der Waals surface area contributed by atoms with Gasteiger partial charge in [-0.05, 0) is 34.7 Å². The zero-order chi connectivity index (χ0) is 29.5. The summed E-state index contributed by atoms with van der Waals surface area (Å²) in [6.45, 7) is 1.82. The number of carbonyl (C=O) groups excluding carboxylic acids is 2. The van der Waals surface area contributed by atoms with Crippen LogP contribution in [0.4, 0.5) is 4.79 Å². The third-order valence-corrected chi connectivity index (χ3v) is 7.32. The van der Waals surface area contributed by atoms with Gasteiger partial charge in [-0.15, -0.1) is 0 Å². The molecule has 10 nitrogen and oxygen atoms in total. The Morgan fingerprint density at radius 3 is 2.19 bits per heavy atom. The predicted molar refractivity (Wildman–Crippen MR) is 155 cm³/mol. The average Bonchev–Trinajstić information content (AvgIpc) is 3.63. The van der Waals surface area contributed by atoms with Gasteiger partial charge in [-0.2, -0.15) is 0 Å². The molecule has 3 aromatic carbocycles. The molecule has 10 heteroatoms. The standard InChI is InChI=1S/C32H32N4O6/c1-20(41-17-21-9-3-2-4-10-21)29(31(38)39)36-30(37)28(15-22-16-33-19-34-22)35-32(40)42-18-27-25-13-7-5-11-23(25)24-12-6-8-14-26(24)27/h2-14,16,19-20,27-29H,15,17-18H2,1H3,(H,33,34)(H,35,40)(H,36,37)(H,38,39)/t20?,28-,29?/m1/s1. The molecule has 0 aliphatic heterocycles. The molecule has 1 aromatic heterocycles. The highest BCUT2D eigenvalue weighted by molar-refractivity contribution is 5.89. The molecule has 5 rings (SSSR count). The maximum atomic E-state index is 13.4. The van der Waals surface area contributed by atoms with Crippen LogP contribution in [0.2, 0.25) is 0 Å². The van der Waals surface area contributed by atoms with Crippen molar-refractivity contribution >= 4 is 18.0 Å². The number of amides is 2. The van der Waals surface area contributed by atoms with Crippen LogP contribution in [0.25, 0.3) is 11.1 Å². The third kappa shape index (κ3) is 6.67. The molecule has 4 N–H and O–H groups in total. The van der Waals surface area contributed by atoms with Crippen molar-refractivity contribution in [2.75, 3.05) is 6.61 Å². The minimum absolute atomic E-state index is 0.0433. The van der Waals surface area contributed by atoms with E-state index in [2.05, 4.69) is 20.6 Å². The molecule has 0 fully saturated rings. The number of alkyl carbamates (subject to hydrolysis) is 1. The van der Waals surface area contributed by atoms with Gasteiger partial charge in [0.1, 0.15) is 12.6 Å². The second-order valence-corrected chi connectivity index (χ2v) is 10.1. The molecular weight excluding hydrogens is 536 g/mol. The number of fused-ring (bicyclic) bond motifs is 3. The number of benzene rings is 3. The number of ether oxygens (including phenoxy) is 2. The number of carboxylic acid groups (broad SMARTS) is 1. The Bertz CT molecular complexity index is 1480. The van der Waals surface area contributed by atoms with Crippen molar-refractivity contribution in [2.45, 2.75) is 44.1 Å². The molecule has 4 aromatic rings. The number of rotatable bonds is 12. The van der Waals surface area contributed by atoms with E-state index in [1.54, 1.807) is 6.92 Å². The Labute approximate surface area is 243 Å². The van der Waals surface area contributed by atoms with Crippen molar-refractivity contribution in [3.05, 3.63) is 114 Å². The number of aliphatic carboxylic acids is 1. The number of aromatic amines is 1. The first-order valence-corrected chi connectivity index (χ1v) is 13.7. The van der Waals surface area contributed by atoms with Crippen molar-refractivity contribution in [2.24, 2.45) is 0 Å². The summed E-state index contributed by atoms with van der Waals surface area (Å²) in [6, 6.07) is 22.8. The minimum Gasteiger partial charge on any atom is -0.480 e. The first-order chi connectivity index (χ1) is 20.4. The number of H-pyrrole nitrogens is 1. The Hall–Kier alpha value is -4.96. The molecule has 42 heavy (non-hydrogen) atoms. The van der Waals surface area contributed by atoms with Gasteiger partial charge < -0.3 is 30.2 Å². The van der Waals surface area contributed by atoms with Gasteiger partial charge in [-0.1, -0.05) is 78.9 Å². The average molecular weight is 569 g/mol. The quantitative estimate of drug-likeness (QED) is 0.202. The number of aromatic nitrogens is 2. The van der Waals surface area contributed by atoms with E-state index in [1.807, 2.05) is 78.9 Å². The molecule has 1 aliphatic carbocycles. The van der Waals surface area contributed by atoms with Crippen LogP contribution in [0.1, 0.15) is 35.2 Å². The highest BCUT2D eigenvalue weighted by Crippen LogP contribution is 2.44. The number of imidazole rings is 1. The highest BCUT2D eigenvalue weighted by atomic mass is 16.5. The first-order valence-electron chi connectivity index (χ1n) is 13.7. The van der Waals surface area contributed by atoms with E-state index >= 15 is 0 Å². The zero-order valence-electron chi connectivity index (χ0n) is 23.0. The lowest BCUT2D eigenvalue weighted by Gasteiger charge is -2.25. The number of nitrogens with one attached hydrogen (secondary N) is 3. The minimum atomic E-state index is -1.35. The summed E-state index contributed by atoms with van der Waals surface area (Å²) in [4.78, 5) is 45.3. The van der Waals surface area contributed by atoms with Crippen LogP contribution in [0.3, 0.4) is 0 Å². The summed E-state index contributed by atoms with van der Waals surface area (Å²) in [5, 5.41) is 15.0. The molecule has 0 bridgehead atoms. The van der Waals surface area contributed by atoms with Crippen molar-refractivity contribution in [1.82, 2.24) is 20.6 Å².